The number of morpholine rings is 1. The van der Waals surface area contributed by atoms with Crippen molar-refractivity contribution in [1.82, 2.24) is 9.47 Å². The molecule has 0 aliphatic carbocycles. The normalized spacial score (nSPS) is 14.1. The Hall–Kier alpha value is -4.13. The summed E-state index contributed by atoms with van der Waals surface area (Å²) in [6.45, 7) is 6.62. The third-order valence-electron chi connectivity index (χ3n) is 7.85. The molecule has 0 radical (unpaired) electrons. The molecule has 0 bridgehead atoms. The van der Waals surface area contributed by atoms with E-state index in [4.69, 9.17) is 9.47 Å². The van der Waals surface area contributed by atoms with Crippen LogP contribution >= 0.6 is 0 Å². The van der Waals surface area contributed by atoms with Gasteiger partial charge in [-0.15, -0.1) is 0 Å². The number of carboxylic acids is 1. The maximum absolute atomic E-state index is 12.9. The third-order valence-corrected chi connectivity index (χ3v) is 7.85. The van der Waals surface area contributed by atoms with Gasteiger partial charge < -0.3 is 19.1 Å². The molecule has 204 valence electrons. The van der Waals surface area contributed by atoms with E-state index in [0.717, 1.165) is 57.2 Å². The highest BCUT2D eigenvalue weighted by Crippen LogP contribution is 2.37. The number of fused-ring (bicyclic) bond motifs is 2. The van der Waals surface area contributed by atoms with E-state index < -0.39 is 5.97 Å². The van der Waals surface area contributed by atoms with E-state index in [-0.39, 0.29) is 0 Å². The monoisotopic (exact) mass is 534 g/mol. The van der Waals surface area contributed by atoms with Crippen LogP contribution in [0.2, 0.25) is 0 Å². The van der Waals surface area contributed by atoms with Crippen LogP contribution in [0.15, 0.2) is 84.9 Å². The molecular weight excluding hydrogens is 500 g/mol. The highest BCUT2D eigenvalue weighted by Gasteiger charge is 2.26. The Balaban J connectivity index is 1.37. The highest BCUT2D eigenvalue weighted by atomic mass is 16.5. The molecule has 0 atom stereocenters. The second-order valence-electron chi connectivity index (χ2n) is 10.4. The number of rotatable bonds is 9. The van der Waals surface area contributed by atoms with E-state index in [9.17, 15) is 9.90 Å². The molecule has 1 saturated heterocycles. The standard InChI is InChI=1S/C34H34N2O4/c1-24-9-2-4-12-26(24)28-14-7-15-30-32(28)29(23-35-18-21-39-22-19-35)33(34(37)38)36(30)17-8-20-40-31-16-6-11-25-10-3-5-13-27(25)31/h2-7,9-16H,8,17-23H2,1H3,(H,37,38). The predicted octanol–water partition coefficient (Wildman–Crippen LogP) is 6.77. The first-order chi connectivity index (χ1) is 19.6. The van der Waals surface area contributed by atoms with Crippen LogP contribution in [-0.4, -0.2) is 53.5 Å². The Morgan fingerprint density at radius 1 is 0.900 bits per heavy atom. The Morgan fingerprint density at radius 3 is 2.45 bits per heavy atom. The lowest BCUT2D eigenvalue weighted by atomic mass is 9.95. The van der Waals surface area contributed by atoms with Gasteiger partial charge in [-0.05, 0) is 47.6 Å². The molecule has 5 aromatic rings. The predicted molar refractivity (Wildman–Crippen MR) is 159 cm³/mol. The number of aromatic nitrogens is 1. The summed E-state index contributed by atoms with van der Waals surface area (Å²) in [4.78, 5) is 15.2. The van der Waals surface area contributed by atoms with E-state index >= 15 is 0 Å². The number of carbonyl (C=O) groups is 1. The molecule has 0 spiro atoms. The summed E-state index contributed by atoms with van der Waals surface area (Å²) in [6, 6.07) is 28.8. The van der Waals surface area contributed by atoms with E-state index in [1.165, 1.54) is 5.56 Å². The van der Waals surface area contributed by atoms with Gasteiger partial charge in [-0.1, -0.05) is 72.8 Å². The van der Waals surface area contributed by atoms with Gasteiger partial charge in [0.2, 0.25) is 0 Å². The number of hydrogen-bond donors (Lipinski definition) is 1. The lowest BCUT2D eigenvalue weighted by Gasteiger charge is -2.27. The van der Waals surface area contributed by atoms with Gasteiger partial charge in [0.1, 0.15) is 11.4 Å². The van der Waals surface area contributed by atoms with Gasteiger partial charge in [-0.2, -0.15) is 0 Å². The number of aryl methyl sites for hydroxylation is 2. The van der Waals surface area contributed by atoms with Crippen LogP contribution in [-0.2, 0) is 17.8 Å². The minimum atomic E-state index is -0.898. The fraction of sp³-hybridized carbons (Fsp3) is 0.265. The smallest absolute Gasteiger partial charge is 0.352 e. The Morgan fingerprint density at radius 2 is 1.62 bits per heavy atom. The number of benzene rings is 4. The Bertz CT molecular complexity index is 1660. The summed E-state index contributed by atoms with van der Waals surface area (Å²) in [5.74, 6) is -0.0473. The summed E-state index contributed by atoms with van der Waals surface area (Å²) in [5, 5.41) is 13.8. The first kappa shape index (κ1) is 26.1. The van der Waals surface area contributed by atoms with E-state index in [1.54, 1.807) is 0 Å². The minimum absolute atomic E-state index is 0.368. The molecule has 1 aliphatic rings. The van der Waals surface area contributed by atoms with Crippen molar-refractivity contribution in [2.24, 2.45) is 0 Å². The molecular formula is C34H34N2O4. The topological polar surface area (TPSA) is 63.9 Å². The van der Waals surface area contributed by atoms with Crippen LogP contribution in [0, 0.1) is 6.92 Å². The lowest BCUT2D eigenvalue weighted by molar-refractivity contribution is 0.0340. The van der Waals surface area contributed by atoms with Gasteiger partial charge in [0.25, 0.3) is 0 Å². The third kappa shape index (κ3) is 5.08. The van der Waals surface area contributed by atoms with E-state index in [2.05, 4.69) is 54.3 Å². The van der Waals surface area contributed by atoms with Crippen LogP contribution < -0.4 is 4.74 Å². The summed E-state index contributed by atoms with van der Waals surface area (Å²) < 4.78 is 13.8. The molecule has 40 heavy (non-hydrogen) atoms. The molecule has 1 N–H and O–H groups in total. The molecule has 6 heteroatoms. The highest BCUT2D eigenvalue weighted by molar-refractivity contribution is 6.05. The summed E-state index contributed by atoms with van der Waals surface area (Å²) in [6.07, 6.45) is 0.679. The average molecular weight is 535 g/mol. The zero-order valence-electron chi connectivity index (χ0n) is 22.8. The Kier molecular flexibility index (Phi) is 7.53. The number of ether oxygens (including phenoxy) is 2. The maximum atomic E-state index is 12.9. The van der Waals surface area contributed by atoms with Gasteiger partial charge in [-0.3, -0.25) is 4.90 Å². The average Bonchev–Trinajstić information content (AvgIpc) is 3.29. The van der Waals surface area contributed by atoms with Crippen LogP contribution in [0.1, 0.15) is 28.0 Å². The molecule has 2 heterocycles. The summed E-state index contributed by atoms with van der Waals surface area (Å²) in [7, 11) is 0. The number of aromatic carboxylic acids is 1. The molecule has 0 unspecified atom stereocenters. The number of nitrogens with zero attached hydrogens (tertiary/aromatic N) is 2. The van der Waals surface area contributed by atoms with Gasteiger partial charge in [-0.25, -0.2) is 4.79 Å². The molecule has 4 aromatic carbocycles. The van der Waals surface area contributed by atoms with Gasteiger partial charge in [0, 0.05) is 48.0 Å². The van der Waals surface area contributed by atoms with Crippen molar-refractivity contribution < 1.29 is 19.4 Å². The van der Waals surface area contributed by atoms with Crippen LogP contribution in [0.4, 0.5) is 0 Å². The van der Waals surface area contributed by atoms with Crippen molar-refractivity contribution in [3.8, 4) is 16.9 Å². The fourth-order valence-corrected chi connectivity index (χ4v) is 5.92. The quantitative estimate of drug-likeness (QED) is 0.212. The maximum Gasteiger partial charge on any atom is 0.352 e. The van der Waals surface area contributed by atoms with Crippen molar-refractivity contribution in [3.63, 3.8) is 0 Å². The van der Waals surface area contributed by atoms with E-state index in [1.807, 2.05) is 47.0 Å². The molecule has 1 fully saturated rings. The number of carboxylic acid groups (broad SMARTS) is 1. The van der Waals surface area contributed by atoms with Crippen LogP contribution in [0.25, 0.3) is 32.8 Å². The van der Waals surface area contributed by atoms with Crippen LogP contribution in [0.5, 0.6) is 5.75 Å². The fourth-order valence-electron chi connectivity index (χ4n) is 5.92. The molecule has 0 saturated carbocycles. The van der Waals surface area contributed by atoms with Crippen molar-refractivity contribution in [3.05, 3.63) is 102 Å². The van der Waals surface area contributed by atoms with Crippen LogP contribution in [0.3, 0.4) is 0 Å². The minimum Gasteiger partial charge on any atom is -0.493 e. The van der Waals surface area contributed by atoms with Crippen molar-refractivity contribution in [2.75, 3.05) is 32.9 Å². The summed E-state index contributed by atoms with van der Waals surface area (Å²) in [5.41, 5.74) is 5.56. The van der Waals surface area contributed by atoms with Crippen molar-refractivity contribution in [2.45, 2.75) is 26.4 Å². The zero-order valence-corrected chi connectivity index (χ0v) is 22.8. The van der Waals surface area contributed by atoms with E-state index in [0.29, 0.717) is 45.0 Å². The SMILES string of the molecule is Cc1ccccc1-c1cccc2c1c(CN1CCOCC1)c(C(=O)O)n2CCCOc1cccc2ccccc12. The molecule has 1 aliphatic heterocycles. The van der Waals surface area contributed by atoms with Crippen molar-refractivity contribution in [1.29, 1.82) is 0 Å². The van der Waals surface area contributed by atoms with Gasteiger partial charge in [0.05, 0.1) is 19.8 Å². The molecule has 0 amide bonds. The molecule has 6 nitrogen and oxygen atoms in total. The Labute approximate surface area is 234 Å². The first-order valence-electron chi connectivity index (χ1n) is 14.0. The summed E-state index contributed by atoms with van der Waals surface area (Å²) >= 11 is 0. The van der Waals surface area contributed by atoms with Gasteiger partial charge >= 0.3 is 5.97 Å². The lowest BCUT2D eigenvalue weighted by Crippen LogP contribution is -2.36. The van der Waals surface area contributed by atoms with Gasteiger partial charge in [0.15, 0.2) is 0 Å². The largest absolute Gasteiger partial charge is 0.493 e. The second-order valence-corrected chi connectivity index (χ2v) is 10.4. The molecule has 1 aromatic heterocycles. The first-order valence-corrected chi connectivity index (χ1v) is 14.0. The zero-order chi connectivity index (χ0) is 27.5. The second kappa shape index (κ2) is 11.5. The molecule has 6 rings (SSSR count). The number of hydrogen-bond acceptors (Lipinski definition) is 4. The van der Waals surface area contributed by atoms with Crippen molar-refractivity contribution >= 4 is 27.6 Å².